The number of allylic oxidation sites excluding steroid dienone is 1. The van der Waals surface area contributed by atoms with Crippen molar-refractivity contribution in [3.05, 3.63) is 36.7 Å². The van der Waals surface area contributed by atoms with Gasteiger partial charge in [0, 0.05) is 24.0 Å². The summed E-state index contributed by atoms with van der Waals surface area (Å²) in [5, 5.41) is 0. The van der Waals surface area contributed by atoms with E-state index in [0.717, 1.165) is 12.1 Å². The normalized spacial score (nSPS) is 28.0. The molecule has 2 heteroatoms. The van der Waals surface area contributed by atoms with Crippen LogP contribution in [-0.4, -0.2) is 34.0 Å². The molecule has 2 saturated heterocycles. The molecule has 0 bridgehead atoms. The van der Waals surface area contributed by atoms with Gasteiger partial charge >= 0.3 is 0 Å². The maximum Gasteiger partial charge on any atom is 0.0709 e. The minimum Gasteiger partial charge on any atom is -0.371 e. The van der Waals surface area contributed by atoms with Gasteiger partial charge < -0.3 is 9.80 Å². The van der Waals surface area contributed by atoms with Crippen molar-refractivity contribution in [3.8, 4) is 0 Å². The van der Waals surface area contributed by atoms with Crippen LogP contribution in [-0.2, 0) is 0 Å². The van der Waals surface area contributed by atoms with E-state index in [1.165, 1.54) is 43.5 Å². The van der Waals surface area contributed by atoms with Crippen molar-refractivity contribution in [2.45, 2.75) is 77.4 Å². The molecule has 118 valence electrons. The van der Waals surface area contributed by atoms with Gasteiger partial charge in [-0.15, -0.1) is 0 Å². The molecule has 3 atom stereocenters. The van der Waals surface area contributed by atoms with E-state index in [-0.39, 0.29) is 5.54 Å². The zero-order valence-electron chi connectivity index (χ0n) is 14.4. The molecule has 2 fully saturated rings. The summed E-state index contributed by atoms with van der Waals surface area (Å²) in [7, 11) is 0. The van der Waals surface area contributed by atoms with Crippen molar-refractivity contribution in [2.24, 2.45) is 0 Å². The molecule has 2 aliphatic rings. The summed E-state index contributed by atoms with van der Waals surface area (Å²) < 4.78 is 0. The van der Waals surface area contributed by atoms with Crippen LogP contribution in [0.4, 0.5) is 0 Å². The van der Waals surface area contributed by atoms with E-state index in [2.05, 4.69) is 57.2 Å². The number of nitrogens with zero attached hydrogens (tertiary/aromatic N) is 2. The third-order valence-corrected chi connectivity index (χ3v) is 5.74. The molecule has 21 heavy (non-hydrogen) atoms. The van der Waals surface area contributed by atoms with Gasteiger partial charge in [0.2, 0.25) is 0 Å². The molecule has 0 aromatic heterocycles. The fraction of sp³-hybridized carbons (Fsp3) is 0.684. The van der Waals surface area contributed by atoms with Crippen LogP contribution >= 0.6 is 0 Å². The van der Waals surface area contributed by atoms with Crippen LogP contribution in [0.25, 0.3) is 0 Å². The summed E-state index contributed by atoms with van der Waals surface area (Å²) in [5.74, 6) is 0. The Labute approximate surface area is 131 Å². The van der Waals surface area contributed by atoms with Crippen LogP contribution in [0.5, 0.6) is 0 Å². The first-order valence-corrected chi connectivity index (χ1v) is 8.39. The van der Waals surface area contributed by atoms with E-state index in [4.69, 9.17) is 0 Å². The highest BCUT2D eigenvalue weighted by Gasteiger charge is 2.44. The molecule has 2 heterocycles. The summed E-state index contributed by atoms with van der Waals surface area (Å²) in [6.07, 6.45) is 6.22. The van der Waals surface area contributed by atoms with Gasteiger partial charge in [0.15, 0.2) is 0 Å². The smallest absolute Gasteiger partial charge is 0.0709 e. The second kappa shape index (κ2) is 5.90. The lowest BCUT2D eigenvalue weighted by molar-refractivity contribution is 0.140. The Morgan fingerprint density at radius 3 is 2.48 bits per heavy atom. The average Bonchev–Trinajstić information content (AvgIpc) is 2.76. The molecular weight excluding hydrogens is 256 g/mol. The predicted octanol–water partition coefficient (Wildman–Crippen LogP) is 4.71. The van der Waals surface area contributed by atoms with Crippen LogP contribution in [0, 0.1) is 0 Å². The minimum atomic E-state index is -0.0337. The molecule has 2 aliphatic heterocycles. The number of piperidine rings is 1. The second-order valence-electron chi connectivity index (χ2n) is 7.10. The molecule has 2 nitrogen and oxygen atoms in total. The lowest BCUT2D eigenvalue weighted by atomic mass is 9.86. The molecule has 2 rings (SSSR count). The number of hydrogen-bond acceptors (Lipinski definition) is 2. The number of hydrogen-bond donors (Lipinski definition) is 0. The standard InChI is InChI=1S/C19H32N2/c1-8-19(7,14(2)3)21(15(4)5)18-13-17-11-9-10-12-20(17)16(18)6/h17-18H,2,4,6,8-13H2,1,3,5,7H3. The van der Waals surface area contributed by atoms with Gasteiger partial charge in [0.25, 0.3) is 0 Å². The van der Waals surface area contributed by atoms with E-state index in [1.807, 2.05) is 0 Å². The zero-order valence-corrected chi connectivity index (χ0v) is 14.4. The van der Waals surface area contributed by atoms with Crippen molar-refractivity contribution in [2.75, 3.05) is 6.54 Å². The van der Waals surface area contributed by atoms with Crippen LogP contribution in [0.3, 0.4) is 0 Å². The fourth-order valence-corrected chi connectivity index (χ4v) is 4.17. The maximum absolute atomic E-state index is 4.44. The lowest BCUT2D eigenvalue weighted by Crippen LogP contribution is -2.51. The number of fused-ring (bicyclic) bond motifs is 1. The fourth-order valence-electron chi connectivity index (χ4n) is 4.17. The van der Waals surface area contributed by atoms with Gasteiger partial charge in [0.05, 0.1) is 11.6 Å². The molecule has 0 N–H and O–H groups in total. The molecule has 0 aromatic rings. The SMILES string of the molecule is C=C1C(N(C(=C)C)C(C)(CC)C(=C)C)CC2CCCCN12. The summed E-state index contributed by atoms with van der Waals surface area (Å²) in [4.78, 5) is 5.05. The first kappa shape index (κ1) is 16.2. The Morgan fingerprint density at radius 1 is 1.33 bits per heavy atom. The molecule has 0 aliphatic carbocycles. The quantitative estimate of drug-likeness (QED) is 0.676. The summed E-state index contributed by atoms with van der Waals surface area (Å²) in [5.41, 5.74) is 3.61. The third kappa shape index (κ3) is 2.65. The maximum atomic E-state index is 4.44. The van der Waals surface area contributed by atoms with Crippen LogP contribution in [0.2, 0.25) is 0 Å². The first-order chi connectivity index (χ1) is 9.82. The minimum absolute atomic E-state index is 0.0337. The Bertz CT molecular complexity index is 450. The largest absolute Gasteiger partial charge is 0.371 e. The topological polar surface area (TPSA) is 6.48 Å². The molecule has 0 aromatic carbocycles. The van der Waals surface area contributed by atoms with Gasteiger partial charge in [-0.2, -0.15) is 0 Å². The highest BCUT2D eigenvalue weighted by Crippen LogP contribution is 2.42. The Balaban J connectivity index is 2.33. The van der Waals surface area contributed by atoms with Gasteiger partial charge in [0.1, 0.15) is 0 Å². The Hall–Kier alpha value is -1.18. The first-order valence-electron chi connectivity index (χ1n) is 8.39. The van der Waals surface area contributed by atoms with Crippen molar-refractivity contribution < 1.29 is 0 Å². The van der Waals surface area contributed by atoms with Crippen molar-refractivity contribution in [1.82, 2.24) is 9.80 Å². The highest BCUT2D eigenvalue weighted by atomic mass is 15.3. The lowest BCUT2D eigenvalue weighted by Gasteiger charge is -2.47. The van der Waals surface area contributed by atoms with E-state index in [1.54, 1.807) is 0 Å². The molecule has 3 unspecified atom stereocenters. The Morgan fingerprint density at radius 2 is 2.00 bits per heavy atom. The van der Waals surface area contributed by atoms with Crippen molar-refractivity contribution in [3.63, 3.8) is 0 Å². The van der Waals surface area contributed by atoms with Crippen molar-refractivity contribution in [1.29, 1.82) is 0 Å². The van der Waals surface area contributed by atoms with Crippen molar-refractivity contribution >= 4 is 0 Å². The third-order valence-electron chi connectivity index (χ3n) is 5.74. The summed E-state index contributed by atoms with van der Waals surface area (Å²) >= 11 is 0. The highest BCUT2D eigenvalue weighted by molar-refractivity contribution is 5.25. The van der Waals surface area contributed by atoms with E-state index in [9.17, 15) is 0 Å². The predicted molar refractivity (Wildman–Crippen MR) is 92.1 cm³/mol. The van der Waals surface area contributed by atoms with Gasteiger partial charge in [-0.05, 0) is 52.9 Å². The van der Waals surface area contributed by atoms with E-state index in [0.29, 0.717) is 12.1 Å². The molecule has 0 saturated carbocycles. The van der Waals surface area contributed by atoms with Crippen LogP contribution < -0.4 is 0 Å². The van der Waals surface area contributed by atoms with Crippen LogP contribution in [0.15, 0.2) is 36.7 Å². The zero-order chi connectivity index (χ0) is 15.8. The van der Waals surface area contributed by atoms with E-state index >= 15 is 0 Å². The van der Waals surface area contributed by atoms with Gasteiger partial charge in [-0.1, -0.05) is 32.2 Å². The molecule has 0 spiro atoms. The summed E-state index contributed by atoms with van der Waals surface area (Å²) in [6, 6.07) is 1.07. The molecular formula is C19H32N2. The van der Waals surface area contributed by atoms with Gasteiger partial charge in [-0.25, -0.2) is 0 Å². The summed E-state index contributed by atoms with van der Waals surface area (Å²) in [6.45, 7) is 23.0. The molecule has 0 amide bonds. The Kier molecular flexibility index (Phi) is 4.55. The molecule has 0 radical (unpaired) electrons. The monoisotopic (exact) mass is 288 g/mol. The average molecular weight is 288 g/mol. The number of rotatable bonds is 5. The van der Waals surface area contributed by atoms with Gasteiger partial charge in [-0.3, -0.25) is 0 Å². The van der Waals surface area contributed by atoms with E-state index < -0.39 is 0 Å². The second-order valence-corrected chi connectivity index (χ2v) is 7.10. The van der Waals surface area contributed by atoms with Crippen LogP contribution in [0.1, 0.15) is 59.8 Å².